The summed E-state index contributed by atoms with van der Waals surface area (Å²) in [6.07, 6.45) is 2.57. The molecule has 1 unspecified atom stereocenters. The molecule has 0 radical (unpaired) electrons. The van der Waals surface area contributed by atoms with Gasteiger partial charge in [0, 0.05) is 31.1 Å². The van der Waals surface area contributed by atoms with Crippen molar-refractivity contribution in [3.05, 3.63) is 65.7 Å². The maximum absolute atomic E-state index is 12.0. The molecule has 0 aromatic heterocycles. The van der Waals surface area contributed by atoms with E-state index < -0.39 is 0 Å². The third-order valence-electron chi connectivity index (χ3n) is 4.70. The van der Waals surface area contributed by atoms with Crippen molar-refractivity contribution in [3.63, 3.8) is 0 Å². The molecule has 0 aliphatic carbocycles. The Hall–Kier alpha value is -2.09. The van der Waals surface area contributed by atoms with E-state index in [1.165, 1.54) is 11.1 Å². The lowest BCUT2D eigenvalue weighted by atomic mass is 9.91. The summed E-state index contributed by atoms with van der Waals surface area (Å²) in [6.45, 7) is 4.33. The second-order valence-corrected chi connectivity index (χ2v) is 6.77. The molecule has 1 aliphatic rings. The Morgan fingerprint density at radius 1 is 1.11 bits per heavy atom. The summed E-state index contributed by atoms with van der Waals surface area (Å²) in [6, 6.07) is 18.5. The van der Waals surface area contributed by atoms with Crippen LogP contribution in [0.25, 0.3) is 0 Å². The molecule has 28 heavy (non-hydrogen) atoms. The quantitative estimate of drug-likeness (QED) is 0.238. The minimum Gasteiger partial charge on any atom is -0.357 e. The Kier molecular flexibility index (Phi) is 9.27. The van der Waals surface area contributed by atoms with Gasteiger partial charge in [-0.3, -0.25) is 9.79 Å². The molecule has 1 amide bonds. The number of anilines is 1. The number of fused-ring (bicyclic) bond motifs is 1. The largest absolute Gasteiger partial charge is 0.357 e. The van der Waals surface area contributed by atoms with Gasteiger partial charge in [0.1, 0.15) is 0 Å². The van der Waals surface area contributed by atoms with Crippen molar-refractivity contribution >= 4 is 41.5 Å². The first-order valence-electron chi connectivity index (χ1n) is 9.71. The third-order valence-corrected chi connectivity index (χ3v) is 4.70. The van der Waals surface area contributed by atoms with E-state index in [1.54, 1.807) is 0 Å². The zero-order valence-corrected chi connectivity index (χ0v) is 18.6. The van der Waals surface area contributed by atoms with Crippen molar-refractivity contribution in [2.24, 2.45) is 4.99 Å². The standard InChI is InChI=1S/C22H28N4O.HI/c1-2-23-22(24-14-8-11-17-9-4-3-5-10-17)25-16-18-15-21(27)26-20-13-7-6-12-19(18)20;/h3-7,9-10,12-13,18H,2,8,11,14-16H2,1H3,(H,26,27)(H2,23,24,25);1H. The Bertz CT molecular complexity index is 779. The number of carbonyl (C=O) groups excluding carboxylic acids is 1. The van der Waals surface area contributed by atoms with Crippen LogP contribution in [0.4, 0.5) is 5.69 Å². The smallest absolute Gasteiger partial charge is 0.225 e. The van der Waals surface area contributed by atoms with Crippen LogP contribution in [0.3, 0.4) is 0 Å². The van der Waals surface area contributed by atoms with Gasteiger partial charge in [-0.25, -0.2) is 0 Å². The summed E-state index contributed by atoms with van der Waals surface area (Å²) in [7, 11) is 0. The highest BCUT2D eigenvalue weighted by Gasteiger charge is 2.24. The molecular formula is C22H29IN4O. The van der Waals surface area contributed by atoms with Crippen molar-refractivity contribution in [3.8, 4) is 0 Å². The Labute approximate surface area is 184 Å². The summed E-state index contributed by atoms with van der Waals surface area (Å²) in [5.41, 5.74) is 3.43. The Morgan fingerprint density at radius 2 is 1.86 bits per heavy atom. The number of aryl methyl sites for hydroxylation is 1. The van der Waals surface area contributed by atoms with Crippen LogP contribution >= 0.6 is 24.0 Å². The fourth-order valence-corrected chi connectivity index (χ4v) is 3.35. The fraction of sp³-hybridized carbons (Fsp3) is 0.364. The minimum absolute atomic E-state index is 0. The first-order valence-corrected chi connectivity index (χ1v) is 9.71. The zero-order valence-electron chi connectivity index (χ0n) is 16.3. The second kappa shape index (κ2) is 11.7. The number of nitrogens with one attached hydrogen (secondary N) is 3. The van der Waals surface area contributed by atoms with Gasteiger partial charge in [0.2, 0.25) is 5.91 Å². The summed E-state index contributed by atoms with van der Waals surface area (Å²) in [5.74, 6) is 0.999. The molecule has 3 rings (SSSR count). The lowest BCUT2D eigenvalue weighted by Crippen LogP contribution is -2.38. The molecular weight excluding hydrogens is 463 g/mol. The molecule has 1 atom stereocenters. The number of rotatable bonds is 7. The molecule has 0 saturated carbocycles. The van der Waals surface area contributed by atoms with Crippen LogP contribution in [0.2, 0.25) is 0 Å². The summed E-state index contributed by atoms with van der Waals surface area (Å²) >= 11 is 0. The SMILES string of the molecule is CCNC(=NCC1CC(=O)Nc2ccccc21)NCCCc1ccccc1.I. The lowest BCUT2D eigenvalue weighted by molar-refractivity contribution is -0.116. The predicted molar refractivity (Wildman–Crippen MR) is 127 cm³/mol. The maximum Gasteiger partial charge on any atom is 0.225 e. The lowest BCUT2D eigenvalue weighted by Gasteiger charge is -2.24. The van der Waals surface area contributed by atoms with Crippen molar-refractivity contribution in [1.29, 1.82) is 0 Å². The monoisotopic (exact) mass is 492 g/mol. The van der Waals surface area contributed by atoms with Crippen LogP contribution in [0.1, 0.15) is 36.8 Å². The summed E-state index contributed by atoms with van der Waals surface area (Å²) in [5, 5.41) is 9.64. The average molecular weight is 492 g/mol. The van der Waals surface area contributed by atoms with Crippen LogP contribution in [-0.4, -0.2) is 31.5 Å². The second-order valence-electron chi connectivity index (χ2n) is 6.77. The van der Waals surface area contributed by atoms with Crippen LogP contribution < -0.4 is 16.0 Å². The number of carbonyl (C=O) groups is 1. The van der Waals surface area contributed by atoms with Crippen LogP contribution in [0, 0.1) is 0 Å². The van der Waals surface area contributed by atoms with Gasteiger partial charge in [-0.15, -0.1) is 24.0 Å². The van der Waals surface area contributed by atoms with E-state index in [0.717, 1.165) is 37.6 Å². The van der Waals surface area contributed by atoms with E-state index in [0.29, 0.717) is 13.0 Å². The van der Waals surface area contributed by atoms with Gasteiger partial charge >= 0.3 is 0 Å². The molecule has 0 spiro atoms. The number of hydrogen-bond donors (Lipinski definition) is 3. The fourth-order valence-electron chi connectivity index (χ4n) is 3.35. The number of para-hydroxylation sites is 1. The van der Waals surface area contributed by atoms with Gasteiger partial charge in [-0.1, -0.05) is 48.5 Å². The van der Waals surface area contributed by atoms with E-state index in [1.807, 2.05) is 24.3 Å². The van der Waals surface area contributed by atoms with Gasteiger partial charge in [0.05, 0.1) is 6.54 Å². The first kappa shape index (κ1) is 22.2. The third kappa shape index (κ3) is 6.51. The van der Waals surface area contributed by atoms with Crippen molar-refractivity contribution in [1.82, 2.24) is 10.6 Å². The van der Waals surface area contributed by atoms with Gasteiger partial charge in [-0.2, -0.15) is 0 Å². The summed E-state index contributed by atoms with van der Waals surface area (Å²) < 4.78 is 0. The van der Waals surface area contributed by atoms with Gasteiger partial charge in [0.25, 0.3) is 0 Å². The molecule has 6 heteroatoms. The van der Waals surface area contributed by atoms with E-state index >= 15 is 0 Å². The number of hydrogen-bond acceptors (Lipinski definition) is 2. The molecule has 3 N–H and O–H groups in total. The summed E-state index contributed by atoms with van der Waals surface area (Å²) in [4.78, 5) is 16.7. The first-order chi connectivity index (χ1) is 13.3. The average Bonchev–Trinajstić information content (AvgIpc) is 2.69. The number of benzene rings is 2. The van der Waals surface area contributed by atoms with E-state index in [-0.39, 0.29) is 35.8 Å². The van der Waals surface area contributed by atoms with Crippen molar-refractivity contribution < 1.29 is 4.79 Å². The van der Waals surface area contributed by atoms with Gasteiger partial charge in [-0.05, 0) is 37.0 Å². The van der Waals surface area contributed by atoms with Gasteiger partial charge in [0.15, 0.2) is 5.96 Å². The van der Waals surface area contributed by atoms with Gasteiger partial charge < -0.3 is 16.0 Å². The molecule has 0 bridgehead atoms. The topological polar surface area (TPSA) is 65.5 Å². The van der Waals surface area contributed by atoms with Crippen LogP contribution in [0.15, 0.2) is 59.6 Å². The Balaban J connectivity index is 0.00000280. The molecule has 1 heterocycles. The molecule has 0 fully saturated rings. The van der Waals surface area contributed by atoms with Crippen molar-refractivity contribution in [2.75, 3.05) is 25.0 Å². The van der Waals surface area contributed by atoms with E-state index in [9.17, 15) is 4.79 Å². The predicted octanol–water partition coefficient (Wildman–Crippen LogP) is 3.92. The molecule has 2 aromatic rings. The highest BCUT2D eigenvalue weighted by Crippen LogP contribution is 2.31. The zero-order chi connectivity index (χ0) is 18.9. The van der Waals surface area contributed by atoms with E-state index in [2.05, 4.69) is 53.2 Å². The Morgan fingerprint density at radius 3 is 2.64 bits per heavy atom. The van der Waals surface area contributed by atoms with E-state index in [4.69, 9.17) is 4.99 Å². The van der Waals surface area contributed by atoms with Crippen molar-refractivity contribution in [2.45, 2.75) is 32.1 Å². The number of halogens is 1. The molecule has 1 aliphatic heterocycles. The molecule has 5 nitrogen and oxygen atoms in total. The number of guanidine groups is 1. The maximum atomic E-state index is 12.0. The number of aliphatic imine (C=N–C) groups is 1. The number of amides is 1. The van der Waals surface area contributed by atoms with Crippen LogP contribution in [-0.2, 0) is 11.2 Å². The highest BCUT2D eigenvalue weighted by molar-refractivity contribution is 14.0. The number of nitrogens with zero attached hydrogens (tertiary/aromatic N) is 1. The minimum atomic E-state index is 0. The molecule has 2 aromatic carbocycles. The van der Waals surface area contributed by atoms with Crippen LogP contribution in [0.5, 0.6) is 0 Å². The molecule has 0 saturated heterocycles. The molecule has 150 valence electrons. The normalized spacial score (nSPS) is 15.8. The highest BCUT2D eigenvalue weighted by atomic mass is 127.